The number of rotatable bonds is 5. The van der Waals surface area contributed by atoms with Crippen LogP contribution in [0.2, 0.25) is 0 Å². The van der Waals surface area contributed by atoms with E-state index in [1.807, 2.05) is 0 Å². The lowest BCUT2D eigenvalue weighted by atomic mass is 9.85. The Morgan fingerprint density at radius 1 is 1.35 bits per heavy atom. The van der Waals surface area contributed by atoms with Crippen molar-refractivity contribution >= 4 is 11.8 Å². The van der Waals surface area contributed by atoms with E-state index in [-0.39, 0.29) is 63.7 Å². The Morgan fingerprint density at radius 2 is 2.00 bits per heavy atom. The number of primary amides is 1. The zero-order valence-corrected chi connectivity index (χ0v) is 13.4. The zero-order chi connectivity index (χ0) is 17.1. The van der Waals surface area contributed by atoms with Gasteiger partial charge in [-0.25, -0.2) is 8.78 Å². The Labute approximate surface area is 134 Å². The van der Waals surface area contributed by atoms with Crippen molar-refractivity contribution in [3.05, 3.63) is 0 Å². The summed E-state index contributed by atoms with van der Waals surface area (Å²) in [4.78, 5) is 25.5. The molecular weight excluding hydrogens is 310 g/mol. The number of methoxy groups -OCH3 is 1. The first-order valence-corrected chi connectivity index (χ1v) is 7.85. The smallest absolute Gasteiger partial charge is 0.248 e. The number of hydrogen-bond donors (Lipinski definition) is 1. The van der Waals surface area contributed by atoms with Crippen LogP contribution in [0, 0.1) is 5.92 Å². The molecule has 2 rings (SSSR count). The normalized spacial score (nSPS) is 28.6. The van der Waals surface area contributed by atoms with Crippen LogP contribution in [0.15, 0.2) is 0 Å². The molecule has 1 saturated carbocycles. The summed E-state index contributed by atoms with van der Waals surface area (Å²) in [7, 11) is 1.48. The Hall–Kier alpha value is -1.28. The van der Waals surface area contributed by atoms with Gasteiger partial charge in [-0.1, -0.05) is 0 Å². The van der Waals surface area contributed by atoms with Crippen molar-refractivity contribution in [3.63, 3.8) is 0 Å². The van der Waals surface area contributed by atoms with Gasteiger partial charge in [0, 0.05) is 32.4 Å². The molecule has 1 unspecified atom stereocenters. The fourth-order valence-corrected chi connectivity index (χ4v) is 3.40. The third-order valence-electron chi connectivity index (χ3n) is 4.53. The van der Waals surface area contributed by atoms with Gasteiger partial charge in [-0.3, -0.25) is 9.59 Å². The van der Waals surface area contributed by atoms with Gasteiger partial charge in [0.25, 0.3) is 0 Å². The van der Waals surface area contributed by atoms with Gasteiger partial charge in [0.2, 0.25) is 17.7 Å². The highest BCUT2D eigenvalue weighted by Crippen LogP contribution is 2.37. The van der Waals surface area contributed by atoms with Crippen LogP contribution in [0.1, 0.15) is 32.1 Å². The summed E-state index contributed by atoms with van der Waals surface area (Å²) >= 11 is 0. The summed E-state index contributed by atoms with van der Waals surface area (Å²) in [6.07, 6.45) is -0.170. The van der Waals surface area contributed by atoms with Crippen molar-refractivity contribution in [2.45, 2.75) is 43.6 Å². The minimum absolute atomic E-state index is 0.0483. The molecule has 0 aromatic carbocycles. The lowest BCUT2D eigenvalue weighted by molar-refractivity contribution is -0.170. The SMILES string of the molecule is COCC1(CC(N)=O)CN(C(=O)C2CCC(F)(F)CC2)CCO1. The van der Waals surface area contributed by atoms with E-state index < -0.39 is 17.4 Å². The molecule has 6 nitrogen and oxygen atoms in total. The molecule has 2 N–H and O–H groups in total. The zero-order valence-electron chi connectivity index (χ0n) is 13.4. The van der Waals surface area contributed by atoms with Gasteiger partial charge in [-0.2, -0.15) is 0 Å². The summed E-state index contributed by atoms with van der Waals surface area (Å²) in [6, 6.07) is 0. The lowest BCUT2D eigenvalue weighted by Crippen LogP contribution is -2.58. The molecule has 1 atom stereocenters. The lowest BCUT2D eigenvalue weighted by Gasteiger charge is -2.43. The van der Waals surface area contributed by atoms with Crippen molar-refractivity contribution in [1.82, 2.24) is 4.90 Å². The second-order valence-electron chi connectivity index (χ2n) is 6.50. The van der Waals surface area contributed by atoms with Crippen molar-refractivity contribution in [3.8, 4) is 0 Å². The molecule has 2 fully saturated rings. The van der Waals surface area contributed by atoms with Crippen molar-refractivity contribution in [2.24, 2.45) is 11.7 Å². The average molecular weight is 334 g/mol. The van der Waals surface area contributed by atoms with E-state index in [1.165, 1.54) is 7.11 Å². The molecule has 8 heteroatoms. The highest BCUT2D eigenvalue weighted by Gasteiger charge is 2.43. The largest absolute Gasteiger partial charge is 0.382 e. The average Bonchev–Trinajstić information content (AvgIpc) is 2.46. The molecule has 1 aliphatic carbocycles. The molecule has 1 heterocycles. The van der Waals surface area contributed by atoms with E-state index in [0.29, 0.717) is 6.54 Å². The number of halogens is 2. The number of nitrogens with two attached hydrogens (primary N) is 1. The summed E-state index contributed by atoms with van der Waals surface area (Å²) < 4.78 is 37.3. The number of hydrogen-bond acceptors (Lipinski definition) is 4. The second-order valence-corrected chi connectivity index (χ2v) is 6.50. The number of nitrogens with zero attached hydrogens (tertiary/aromatic N) is 1. The van der Waals surface area contributed by atoms with Crippen LogP contribution in [-0.2, 0) is 19.1 Å². The van der Waals surface area contributed by atoms with Crippen LogP contribution < -0.4 is 5.73 Å². The van der Waals surface area contributed by atoms with Gasteiger partial charge in [-0.15, -0.1) is 0 Å². The number of carbonyl (C=O) groups excluding carboxylic acids is 2. The van der Waals surface area contributed by atoms with Gasteiger partial charge < -0.3 is 20.1 Å². The Balaban J connectivity index is 2.01. The van der Waals surface area contributed by atoms with Crippen LogP contribution >= 0.6 is 0 Å². The first-order valence-electron chi connectivity index (χ1n) is 7.85. The minimum atomic E-state index is -2.66. The molecule has 0 radical (unpaired) electrons. The number of ether oxygens (including phenoxy) is 2. The summed E-state index contributed by atoms with van der Waals surface area (Å²) in [6.45, 7) is 0.985. The van der Waals surface area contributed by atoms with E-state index >= 15 is 0 Å². The summed E-state index contributed by atoms with van der Waals surface area (Å²) in [5, 5.41) is 0. The molecule has 0 bridgehead atoms. The third-order valence-corrected chi connectivity index (χ3v) is 4.53. The molecule has 2 aliphatic rings. The molecule has 1 saturated heterocycles. The maximum atomic E-state index is 13.2. The van der Waals surface area contributed by atoms with Gasteiger partial charge in [0.15, 0.2) is 0 Å². The highest BCUT2D eigenvalue weighted by atomic mass is 19.3. The number of carbonyl (C=O) groups is 2. The highest BCUT2D eigenvalue weighted by molar-refractivity contribution is 5.79. The summed E-state index contributed by atoms with van der Waals surface area (Å²) in [5.74, 6) is -3.72. The first kappa shape index (κ1) is 18.1. The van der Waals surface area contributed by atoms with Crippen LogP contribution in [-0.4, -0.2) is 61.7 Å². The van der Waals surface area contributed by atoms with E-state index in [9.17, 15) is 18.4 Å². The van der Waals surface area contributed by atoms with Gasteiger partial charge in [0.1, 0.15) is 5.60 Å². The number of amides is 2. The van der Waals surface area contributed by atoms with Crippen LogP contribution in [0.3, 0.4) is 0 Å². The maximum absolute atomic E-state index is 13.2. The van der Waals surface area contributed by atoms with Crippen molar-refractivity contribution in [1.29, 1.82) is 0 Å². The Morgan fingerprint density at radius 3 is 2.57 bits per heavy atom. The van der Waals surface area contributed by atoms with Crippen LogP contribution in [0.5, 0.6) is 0 Å². The van der Waals surface area contributed by atoms with Crippen molar-refractivity contribution in [2.75, 3.05) is 33.4 Å². The monoisotopic (exact) mass is 334 g/mol. The third kappa shape index (κ3) is 4.60. The first-order chi connectivity index (χ1) is 10.8. The Kier molecular flexibility index (Phi) is 5.57. The fourth-order valence-electron chi connectivity index (χ4n) is 3.40. The van der Waals surface area contributed by atoms with Gasteiger partial charge in [0.05, 0.1) is 26.2 Å². The predicted octanol–water partition coefficient (Wildman–Crippen LogP) is 0.931. The maximum Gasteiger partial charge on any atom is 0.248 e. The van der Waals surface area contributed by atoms with Gasteiger partial charge in [-0.05, 0) is 12.8 Å². The Bertz CT molecular complexity index is 447. The second kappa shape index (κ2) is 7.09. The molecule has 132 valence electrons. The molecule has 23 heavy (non-hydrogen) atoms. The van der Waals surface area contributed by atoms with Crippen molar-refractivity contribution < 1.29 is 27.8 Å². The molecular formula is C15H24F2N2O4. The molecule has 2 amide bonds. The molecule has 0 spiro atoms. The van der Waals surface area contributed by atoms with E-state index in [4.69, 9.17) is 15.2 Å². The fraction of sp³-hybridized carbons (Fsp3) is 0.867. The topological polar surface area (TPSA) is 81.9 Å². The molecule has 1 aliphatic heterocycles. The van der Waals surface area contributed by atoms with Gasteiger partial charge >= 0.3 is 0 Å². The predicted molar refractivity (Wildman–Crippen MR) is 77.9 cm³/mol. The standard InChI is InChI=1S/C15H24F2N2O4/c1-22-10-14(8-12(18)20)9-19(6-7-23-14)13(21)11-2-4-15(16,17)5-3-11/h11H,2-10H2,1H3,(H2,18,20). The quantitative estimate of drug-likeness (QED) is 0.811. The van der Waals surface area contributed by atoms with E-state index in [1.54, 1.807) is 4.90 Å². The minimum Gasteiger partial charge on any atom is -0.382 e. The number of alkyl halides is 2. The van der Waals surface area contributed by atoms with Crippen LogP contribution in [0.4, 0.5) is 8.78 Å². The molecule has 0 aromatic rings. The summed E-state index contributed by atoms with van der Waals surface area (Å²) in [5.41, 5.74) is 4.32. The molecule has 0 aromatic heterocycles. The van der Waals surface area contributed by atoms with Crippen LogP contribution in [0.25, 0.3) is 0 Å². The number of morpholine rings is 1. The van der Waals surface area contributed by atoms with E-state index in [2.05, 4.69) is 0 Å². The van der Waals surface area contributed by atoms with E-state index in [0.717, 1.165) is 0 Å².